The Hall–Kier alpha value is -0.430. The van der Waals surface area contributed by atoms with Gasteiger partial charge in [0, 0.05) is 6.54 Å². The van der Waals surface area contributed by atoms with Crippen LogP contribution in [0.25, 0.3) is 0 Å². The largest absolute Gasteiger partial charge is 0.374 e. The van der Waals surface area contributed by atoms with Crippen molar-refractivity contribution in [2.24, 2.45) is 0 Å². The maximum atomic E-state index is 10.7. The van der Waals surface area contributed by atoms with Crippen molar-refractivity contribution in [1.82, 2.24) is 4.90 Å². The van der Waals surface area contributed by atoms with Crippen LogP contribution in [0.2, 0.25) is 0 Å². The number of hydrogen-bond acceptors (Lipinski definition) is 5. The third-order valence-electron chi connectivity index (χ3n) is 2.08. The van der Waals surface area contributed by atoms with Gasteiger partial charge in [-0.2, -0.15) is 8.42 Å². The highest BCUT2D eigenvalue weighted by Crippen LogP contribution is 2.14. The molecule has 0 fully saturated rings. The van der Waals surface area contributed by atoms with Gasteiger partial charge in [0.1, 0.15) is 6.23 Å². The SMILES string of the molecule is CN1CCC=C(COS(C)(=O)=O)[C@H]1O. The smallest absolute Gasteiger partial charge is 0.264 e. The minimum absolute atomic E-state index is 0.0651. The van der Waals surface area contributed by atoms with Gasteiger partial charge in [-0.1, -0.05) is 6.08 Å². The second-order valence-electron chi connectivity index (χ2n) is 3.39. The third kappa shape index (κ3) is 3.38. The van der Waals surface area contributed by atoms with E-state index in [1.54, 1.807) is 11.9 Å². The number of aliphatic hydroxyl groups excluding tert-OH is 1. The zero-order valence-electron chi connectivity index (χ0n) is 8.30. The fourth-order valence-corrected chi connectivity index (χ4v) is 1.62. The monoisotopic (exact) mass is 221 g/mol. The number of likely N-dealkylation sites (N-methyl/N-ethyl adjacent to an activating group) is 1. The molecule has 14 heavy (non-hydrogen) atoms. The Bertz CT molecular complexity index is 322. The lowest BCUT2D eigenvalue weighted by molar-refractivity contribution is 0.0396. The molecule has 0 saturated heterocycles. The number of hydrogen-bond donors (Lipinski definition) is 1. The van der Waals surface area contributed by atoms with Crippen LogP contribution in [0.5, 0.6) is 0 Å². The van der Waals surface area contributed by atoms with Gasteiger partial charge < -0.3 is 5.11 Å². The van der Waals surface area contributed by atoms with Crippen molar-refractivity contribution in [2.45, 2.75) is 12.6 Å². The van der Waals surface area contributed by atoms with E-state index in [2.05, 4.69) is 4.18 Å². The number of nitrogens with zero attached hydrogens (tertiary/aromatic N) is 1. The van der Waals surface area contributed by atoms with Gasteiger partial charge in [-0.25, -0.2) is 0 Å². The van der Waals surface area contributed by atoms with Crippen molar-refractivity contribution in [3.8, 4) is 0 Å². The van der Waals surface area contributed by atoms with E-state index in [0.29, 0.717) is 5.57 Å². The standard InChI is InChI=1S/C8H15NO4S/c1-9-5-3-4-7(8(9)10)6-13-14(2,11)12/h4,8,10H,3,5-6H2,1-2H3/t8-/m1/s1. The molecule has 1 rings (SSSR count). The minimum Gasteiger partial charge on any atom is -0.374 e. The van der Waals surface area contributed by atoms with Crippen LogP contribution >= 0.6 is 0 Å². The average molecular weight is 221 g/mol. The summed E-state index contributed by atoms with van der Waals surface area (Å²) < 4.78 is 26.0. The van der Waals surface area contributed by atoms with Crippen molar-refractivity contribution in [3.63, 3.8) is 0 Å². The molecule has 0 spiro atoms. The molecule has 0 aromatic heterocycles. The van der Waals surface area contributed by atoms with Crippen LogP contribution in [0.4, 0.5) is 0 Å². The molecule has 0 aliphatic carbocycles. The Morgan fingerprint density at radius 2 is 2.36 bits per heavy atom. The summed E-state index contributed by atoms with van der Waals surface area (Å²) in [5.41, 5.74) is 0.601. The van der Waals surface area contributed by atoms with Gasteiger partial charge in [-0.3, -0.25) is 9.08 Å². The first kappa shape index (κ1) is 11.6. The predicted octanol–water partition coefficient (Wildman–Crippen LogP) is -0.457. The van der Waals surface area contributed by atoms with E-state index in [9.17, 15) is 13.5 Å². The van der Waals surface area contributed by atoms with E-state index in [1.165, 1.54) is 0 Å². The van der Waals surface area contributed by atoms with Crippen molar-refractivity contribution in [3.05, 3.63) is 11.6 Å². The van der Waals surface area contributed by atoms with Gasteiger partial charge in [-0.15, -0.1) is 0 Å². The summed E-state index contributed by atoms with van der Waals surface area (Å²) in [7, 11) is -1.66. The van der Waals surface area contributed by atoms with Gasteiger partial charge in [0.05, 0.1) is 12.9 Å². The molecule has 1 N–H and O–H groups in total. The maximum absolute atomic E-state index is 10.7. The van der Waals surface area contributed by atoms with Crippen LogP contribution in [0, 0.1) is 0 Å². The van der Waals surface area contributed by atoms with Crippen molar-refractivity contribution < 1.29 is 17.7 Å². The fourth-order valence-electron chi connectivity index (χ4n) is 1.27. The summed E-state index contributed by atoms with van der Waals surface area (Å²) in [6, 6.07) is 0. The van der Waals surface area contributed by atoms with Crippen LogP contribution in [0.3, 0.4) is 0 Å². The van der Waals surface area contributed by atoms with Gasteiger partial charge in [0.15, 0.2) is 0 Å². The second-order valence-corrected chi connectivity index (χ2v) is 5.03. The van der Waals surface area contributed by atoms with Crippen molar-refractivity contribution >= 4 is 10.1 Å². The normalized spacial score (nSPS) is 24.8. The van der Waals surface area contributed by atoms with Crippen LogP contribution in [-0.2, 0) is 14.3 Å². The molecule has 1 aliphatic rings. The van der Waals surface area contributed by atoms with E-state index in [0.717, 1.165) is 19.2 Å². The first-order valence-electron chi connectivity index (χ1n) is 4.32. The maximum Gasteiger partial charge on any atom is 0.264 e. The Balaban J connectivity index is 2.56. The average Bonchev–Trinajstić information content (AvgIpc) is 2.06. The Morgan fingerprint density at radius 3 is 2.93 bits per heavy atom. The third-order valence-corrected chi connectivity index (χ3v) is 2.62. The highest BCUT2D eigenvalue weighted by atomic mass is 32.2. The van der Waals surface area contributed by atoms with Crippen molar-refractivity contribution in [1.29, 1.82) is 0 Å². The molecular weight excluding hydrogens is 206 g/mol. The molecule has 0 bridgehead atoms. The quantitative estimate of drug-likeness (QED) is 0.516. The Morgan fingerprint density at radius 1 is 1.71 bits per heavy atom. The summed E-state index contributed by atoms with van der Waals surface area (Å²) in [4.78, 5) is 1.74. The Kier molecular flexibility index (Phi) is 3.65. The van der Waals surface area contributed by atoms with Gasteiger partial charge >= 0.3 is 0 Å². The molecular formula is C8H15NO4S. The van der Waals surface area contributed by atoms with Gasteiger partial charge in [-0.05, 0) is 19.0 Å². The first-order valence-corrected chi connectivity index (χ1v) is 6.13. The predicted molar refractivity (Wildman–Crippen MR) is 52.1 cm³/mol. The van der Waals surface area contributed by atoms with E-state index < -0.39 is 16.3 Å². The molecule has 0 aromatic carbocycles. The van der Waals surface area contributed by atoms with E-state index in [1.807, 2.05) is 6.08 Å². The number of aliphatic hydroxyl groups is 1. The molecule has 6 heteroatoms. The zero-order valence-corrected chi connectivity index (χ0v) is 9.12. The molecule has 1 heterocycles. The van der Waals surface area contributed by atoms with E-state index in [4.69, 9.17) is 0 Å². The second kappa shape index (κ2) is 4.39. The molecule has 1 atom stereocenters. The summed E-state index contributed by atoms with van der Waals surface area (Å²) in [6.45, 7) is 0.702. The molecule has 0 unspecified atom stereocenters. The minimum atomic E-state index is -3.43. The van der Waals surface area contributed by atoms with Crippen molar-refractivity contribution in [2.75, 3.05) is 26.5 Å². The fraction of sp³-hybridized carbons (Fsp3) is 0.750. The number of rotatable bonds is 3. The van der Waals surface area contributed by atoms with Crippen LogP contribution in [-0.4, -0.2) is 51.1 Å². The summed E-state index contributed by atoms with van der Waals surface area (Å²) in [5.74, 6) is 0. The summed E-state index contributed by atoms with van der Waals surface area (Å²) in [6.07, 6.45) is 2.88. The van der Waals surface area contributed by atoms with Crippen LogP contribution in [0.1, 0.15) is 6.42 Å². The molecule has 0 aromatic rings. The summed E-state index contributed by atoms with van der Waals surface area (Å²) in [5, 5.41) is 9.62. The lowest BCUT2D eigenvalue weighted by Gasteiger charge is -2.28. The molecule has 1 aliphatic heterocycles. The lowest BCUT2D eigenvalue weighted by Crippen LogP contribution is -2.38. The molecule has 5 nitrogen and oxygen atoms in total. The molecule has 0 amide bonds. The van der Waals surface area contributed by atoms with Crippen LogP contribution < -0.4 is 0 Å². The highest BCUT2D eigenvalue weighted by molar-refractivity contribution is 7.85. The van der Waals surface area contributed by atoms with E-state index in [-0.39, 0.29) is 6.61 Å². The van der Waals surface area contributed by atoms with E-state index >= 15 is 0 Å². The molecule has 0 saturated carbocycles. The first-order chi connectivity index (χ1) is 6.40. The topological polar surface area (TPSA) is 66.8 Å². The van der Waals surface area contributed by atoms with Gasteiger partial charge in [0.25, 0.3) is 10.1 Å². The van der Waals surface area contributed by atoms with Crippen LogP contribution in [0.15, 0.2) is 11.6 Å². The van der Waals surface area contributed by atoms with Gasteiger partial charge in [0.2, 0.25) is 0 Å². The highest BCUT2D eigenvalue weighted by Gasteiger charge is 2.20. The zero-order chi connectivity index (χ0) is 10.8. The summed E-state index contributed by atoms with van der Waals surface area (Å²) >= 11 is 0. The lowest BCUT2D eigenvalue weighted by atomic mass is 10.1. The molecule has 0 radical (unpaired) electrons. The molecule has 82 valence electrons. The Labute approximate surface area is 84.1 Å².